The zero-order chi connectivity index (χ0) is 14.3. The smallest absolute Gasteiger partial charge is 0.188 e. The van der Waals surface area contributed by atoms with Crippen LogP contribution in [0.1, 0.15) is 10.7 Å². The van der Waals surface area contributed by atoms with Crippen LogP contribution in [-0.2, 0) is 0 Å². The molecule has 0 unspecified atom stereocenters. The molecular weight excluding hydrogens is 338 g/mol. The SMILES string of the molecule is Cc1nc(C)c(-c2onc(N)c2-c2ccccc2Br)s1. The number of hydrogen-bond acceptors (Lipinski definition) is 5. The van der Waals surface area contributed by atoms with E-state index in [0.29, 0.717) is 11.6 Å². The van der Waals surface area contributed by atoms with Gasteiger partial charge >= 0.3 is 0 Å². The molecule has 2 heterocycles. The third-order valence-electron chi connectivity index (χ3n) is 2.97. The van der Waals surface area contributed by atoms with Crippen LogP contribution in [0.25, 0.3) is 21.8 Å². The fraction of sp³-hybridized carbons (Fsp3) is 0.143. The van der Waals surface area contributed by atoms with E-state index >= 15 is 0 Å². The van der Waals surface area contributed by atoms with Crippen molar-refractivity contribution in [3.8, 4) is 21.8 Å². The average Bonchev–Trinajstić information content (AvgIpc) is 2.93. The molecule has 3 aromatic rings. The highest BCUT2D eigenvalue weighted by Gasteiger charge is 2.22. The van der Waals surface area contributed by atoms with Gasteiger partial charge in [0, 0.05) is 10.0 Å². The van der Waals surface area contributed by atoms with Gasteiger partial charge in [-0.1, -0.05) is 39.3 Å². The van der Waals surface area contributed by atoms with Crippen molar-refractivity contribution in [3.05, 3.63) is 39.4 Å². The van der Waals surface area contributed by atoms with E-state index in [9.17, 15) is 0 Å². The lowest BCUT2D eigenvalue weighted by Gasteiger charge is -2.04. The second-order valence-corrected chi connectivity index (χ2v) is 6.46. The summed E-state index contributed by atoms with van der Waals surface area (Å²) >= 11 is 5.12. The lowest BCUT2D eigenvalue weighted by molar-refractivity contribution is 0.436. The van der Waals surface area contributed by atoms with Gasteiger partial charge in [-0.2, -0.15) is 0 Å². The van der Waals surface area contributed by atoms with Crippen LogP contribution >= 0.6 is 27.3 Å². The average molecular weight is 350 g/mol. The Morgan fingerprint density at radius 1 is 1.25 bits per heavy atom. The summed E-state index contributed by atoms with van der Waals surface area (Å²) in [5, 5.41) is 4.91. The van der Waals surface area contributed by atoms with Crippen LogP contribution in [0.3, 0.4) is 0 Å². The summed E-state index contributed by atoms with van der Waals surface area (Å²) in [6.45, 7) is 3.93. The number of hydrogen-bond donors (Lipinski definition) is 1. The Morgan fingerprint density at radius 3 is 2.65 bits per heavy atom. The van der Waals surface area contributed by atoms with Gasteiger partial charge in [0.2, 0.25) is 0 Å². The van der Waals surface area contributed by atoms with E-state index in [-0.39, 0.29) is 0 Å². The number of halogens is 1. The molecule has 0 spiro atoms. The number of aryl methyl sites for hydroxylation is 2. The number of thiazole rings is 1. The van der Waals surface area contributed by atoms with Crippen LogP contribution in [0.2, 0.25) is 0 Å². The van der Waals surface area contributed by atoms with Crippen molar-refractivity contribution in [2.24, 2.45) is 0 Å². The van der Waals surface area contributed by atoms with Gasteiger partial charge in [0.15, 0.2) is 11.6 Å². The summed E-state index contributed by atoms with van der Waals surface area (Å²) in [6, 6.07) is 7.87. The molecule has 0 fully saturated rings. The minimum absolute atomic E-state index is 0.386. The lowest BCUT2D eigenvalue weighted by atomic mass is 10.0. The molecule has 3 rings (SSSR count). The predicted molar refractivity (Wildman–Crippen MR) is 84.6 cm³/mol. The molecule has 0 aliphatic heterocycles. The maximum atomic E-state index is 6.00. The topological polar surface area (TPSA) is 64.9 Å². The molecule has 0 atom stereocenters. The van der Waals surface area contributed by atoms with Crippen molar-refractivity contribution in [2.75, 3.05) is 5.73 Å². The van der Waals surface area contributed by atoms with Crippen LogP contribution in [-0.4, -0.2) is 10.1 Å². The molecule has 4 nitrogen and oxygen atoms in total. The molecule has 0 bridgehead atoms. The van der Waals surface area contributed by atoms with Crippen LogP contribution in [0.4, 0.5) is 5.82 Å². The van der Waals surface area contributed by atoms with Crippen LogP contribution in [0, 0.1) is 13.8 Å². The van der Waals surface area contributed by atoms with Gasteiger partial charge in [0.25, 0.3) is 0 Å². The maximum absolute atomic E-state index is 6.00. The lowest BCUT2D eigenvalue weighted by Crippen LogP contribution is -1.89. The molecule has 102 valence electrons. The van der Waals surface area contributed by atoms with Crippen LogP contribution in [0.15, 0.2) is 33.3 Å². The van der Waals surface area contributed by atoms with Gasteiger partial charge in [0.1, 0.15) is 0 Å². The normalized spacial score (nSPS) is 10.9. The molecule has 0 saturated carbocycles. The first-order valence-corrected chi connectivity index (χ1v) is 7.63. The van der Waals surface area contributed by atoms with E-state index in [2.05, 4.69) is 26.1 Å². The van der Waals surface area contributed by atoms with Gasteiger partial charge < -0.3 is 10.3 Å². The molecular formula is C14H12BrN3OS. The zero-order valence-corrected chi connectivity index (χ0v) is 13.4. The third-order valence-corrected chi connectivity index (χ3v) is 4.73. The van der Waals surface area contributed by atoms with E-state index in [1.54, 1.807) is 11.3 Å². The molecule has 0 aliphatic carbocycles. The first-order valence-electron chi connectivity index (χ1n) is 6.02. The number of anilines is 1. The zero-order valence-electron chi connectivity index (χ0n) is 11.0. The van der Waals surface area contributed by atoms with Crippen molar-refractivity contribution in [1.82, 2.24) is 10.1 Å². The van der Waals surface area contributed by atoms with Gasteiger partial charge in [-0.15, -0.1) is 11.3 Å². The van der Waals surface area contributed by atoms with Crippen molar-refractivity contribution in [1.29, 1.82) is 0 Å². The highest BCUT2D eigenvalue weighted by Crippen LogP contribution is 2.42. The first-order chi connectivity index (χ1) is 9.58. The van der Waals surface area contributed by atoms with Crippen LogP contribution in [0.5, 0.6) is 0 Å². The largest absolute Gasteiger partial charge is 0.380 e. The van der Waals surface area contributed by atoms with E-state index in [0.717, 1.165) is 31.2 Å². The van der Waals surface area contributed by atoms with E-state index in [1.807, 2.05) is 38.1 Å². The Balaban J connectivity index is 2.26. The molecule has 1 aromatic carbocycles. The Morgan fingerprint density at radius 2 is 2.00 bits per heavy atom. The summed E-state index contributed by atoms with van der Waals surface area (Å²) in [7, 11) is 0. The highest BCUT2D eigenvalue weighted by atomic mass is 79.9. The summed E-state index contributed by atoms with van der Waals surface area (Å²) in [6.07, 6.45) is 0. The first kappa shape index (κ1) is 13.3. The maximum Gasteiger partial charge on any atom is 0.188 e. The summed E-state index contributed by atoms with van der Waals surface area (Å²) in [5.74, 6) is 1.06. The Hall–Kier alpha value is -1.66. The number of rotatable bonds is 2. The van der Waals surface area contributed by atoms with E-state index < -0.39 is 0 Å². The predicted octanol–water partition coefficient (Wildman–Crippen LogP) is 4.43. The minimum Gasteiger partial charge on any atom is -0.380 e. The standard InChI is InChI=1S/C14H12BrN3OS/c1-7-13(20-8(2)17-7)12-11(14(16)18-19-12)9-5-3-4-6-10(9)15/h3-6H,1-2H3,(H2,16,18). The molecule has 2 aromatic heterocycles. The molecule has 6 heteroatoms. The van der Waals surface area contributed by atoms with Crippen molar-refractivity contribution in [3.63, 3.8) is 0 Å². The number of nitrogens with two attached hydrogens (primary N) is 1. The molecule has 0 saturated heterocycles. The number of aromatic nitrogens is 2. The fourth-order valence-electron chi connectivity index (χ4n) is 2.12. The second-order valence-electron chi connectivity index (χ2n) is 4.40. The highest BCUT2D eigenvalue weighted by molar-refractivity contribution is 9.10. The van der Waals surface area contributed by atoms with Crippen molar-refractivity contribution >= 4 is 33.1 Å². The molecule has 2 N–H and O–H groups in total. The summed E-state index contributed by atoms with van der Waals surface area (Å²) in [5.41, 5.74) is 8.70. The fourth-order valence-corrected chi connectivity index (χ4v) is 3.51. The van der Waals surface area contributed by atoms with Crippen molar-refractivity contribution in [2.45, 2.75) is 13.8 Å². The molecule has 20 heavy (non-hydrogen) atoms. The minimum atomic E-state index is 0.386. The molecule has 0 aliphatic rings. The summed E-state index contributed by atoms with van der Waals surface area (Å²) < 4.78 is 6.41. The van der Waals surface area contributed by atoms with Gasteiger partial charge in [-0.25, -0.2) is 4.98 Å². The van der Waals surface area contributed by atoms with Gasteiger partial charge in [0.05, 0.1) is 21.1 Å². The monoisotopic (exact) mass is 349 g/mol. The summed E-state index contributed by atoms with van der Waals surface area (Å²) in [4.78, 5) is 5.40. The molecule has 0 radical (unpaired) electrons. The molecule has 0 amide bonds. The van der Waals surface area contributed by atoms with Crippen molar-refractivity contribution < 1.29 is 4.52 Å². The number of benzene rings is 1. The number of nitrogen functional groups attached to an aromatic ring is 1. The van der Waals surface area contributed by atoms with E-state index in [4.69, 9.17) is 10.3 Å². The van der Waals surface area contributed by atoms with E-state index in [1.165, 1.54) is 0 Å². The quantitative estimate of drug-likeness (QED) is 0.743. The Kier molecular flexibility index (Phi) is 3.35. The second kappa shape index (κ2) is 5.03. The van der Waals surface area contributed by atoms with Gasteiger partial charge in [-0.3, -0.25) is 0 Å². The third kappa shape index (κ3) is 2.14. The number of nitrogens with zero attached hydrogens (tertiary/aromatic N) is 2. The van der Waals surface area contributed by atoms with Gasteiger partial charge in [-0.05, 0) is 19.9 Å². The Bertz CT molecular complexity index is 779. The Labute approximate surface area is 128 Å². The van der Waals surface area contributed by atoms with Crippen LogP contribution < -0.4 is 5.73 Å².